The van der Waals surface area contributed by atoms with Gasteiger partial charge in [-0.15, -0.1) is 11.8 Å². The van der Waals surface area contributed by atoms with Gasteiger partial charge in [0.25, 0.3) is 0 Å². The zero-order valence-corrected chi connectivity index (χ0v) is 17.0. The molecule has 1 aromatic rings. The zero-order chi connectivity index (χ0) is 19.4. The molecule has 2 amide bonds. The van der Waals surface area contributed by atoms with Gasteiger partial charge in [0.15, 0.2) is 0 Å². The van der Waals surface area contributed by atoms with Crippen LogP contribution in [0.3, 0.4) is 0 Å². The van der Waals surface area contributed by atoms with Crippen molar-refractivity contribution in [2.75, 3.05) is 0 Å². The summed E-state index contributed by atoms with van der Waals surface area (Å²) in [4.78, 5) is 30.0. The Morgan fingerprint density at radius 2 is 1.96 bits per heavy atom. The lowest BCUT2D eigenvalue weighted by Crippen LogP contribution is -2.55. The number of amides is 2. The van der Waals surface area contributed by atoms with Crippen LogP contribution < -0.4 is 10.6 Å². The van der Waals surface area contributed by atoms with E-state index in [0.29, 0.717) is 11.8 Å². The fourth-order valence-electron chi connectivity index (χ4n) is 2.33. The average molecular weight is 380 g/mol. The molecule has 1 heterocycles. The Balaban J connectivity index is 1.91. The summed E-state index contributed by atoms with van der Waals surface area (Å²) in [6, 6.07) is 3.96. The number of ether oxygens (including phenoxy) is 1. The van der Waals surface area contributed by atoms with E-state index in [1.165, 1.54) is 19.3 Å². The van der Waals surface area contributed by atoms with Crippen LogP contribution in [0.25, 0.3) is 0 Å². The Hall–Kier alpha value is -1.76. The van der Waals surface area contributed by atoms with E-state index in [0.717, 1.165) is 10.6 Å². The van der Waals surface area contributed by atoms with Crippen molar-refractivity contribution in [2.45, 2.75) is 81.7 Å². The van der Waals surface area contributed by atoms with Gasteiger partial charge in [-0.3, -0.25) is 9.78 Å². The molecule has 1 saturated carbocycles. The number of hydrogen-bond acceptors (Lipinski definition) is 5. The second-order valence-electron chi connectivity index (χ2n) is 8.05. The lowest BCUT2D eigenvalue weighted by Gasteiger charge is -2.28. The minimum atomic E-state index is -1.08. The number of aromatic nitrogens is 1. The topological polar surface area (TPSA) is 80.3 Å². The molecule has 1 aliphatic rings. The molecule has 0 aliphatic heterocycles. The van der Waals surface area contributed by atoms with Crippen LogP contribution >= 0.6 is 11.8 Å². The smallest absolute Gasteiger partial charge is 0.408 e. The molecule has 0 saturated heterocycles. The van der Waals surface area contributed by atoms with Crippen LogP contribution in [0.1, 0.15) is 59.6 Å². The molecule has 7 heteroatoms. The van der Waals surface area contributed by atoms with E-state index in [2.05, 4.69) is 15.6 Å². The number of alkyl carbamates (subject to hydrolysis) is 1. The summed E-state index contributed by atoms with van der Waals surface area (Å²) in [6.45, 7) is 8.96. The molecule has 1 aliphatic carbocycles. The second-order valence-corrected chi connectivity index (χ2v) is 9.40. The normalized spacial score (nSPS) is 15.1. The van der Waals surface area contributed by atoms with Crippen molar-refractivity contribution in [3.05, 3.63) is 24.0 Å². The maximum Gasteiger partial charge on any atom is 0.408 e. The van der Waals surface area contributed by atoms with Gasteiger partial charge in [-0.1, -0.05) is 6.42 Å². The molecular formula is C19H29N3O3S. The lowest BCUT2D eigenvalue weighted by molar-refractivity contribution is -0.126. The molecule has 0 unspecified atom stereocenters. The zero-order valence-electron chi connectivity index (χ0n) is 16.2. The van der Waals surface area contributed by atoms with E-state index in [1.54, 1.807) is 40.8 Å². The number of nitrogens with one attached hydrogen (secondary N) is 2. The fourth-order valence-corrected chi connectivity index (χ4v) is 3.68. The van der Waals surface area contributed by atoms with Gasteiger partial charge in [-0.25, -0.2) is 4.79 Å². The monoisotopic (exact) mass is 379 g/mol. The summed E-state index contributed by atoms with van der Waals surface area (Å²) in [5.74, 6) is -0.284. The third-order valence-corrected chi connectivity index (χ3v) is 5.42. The minimum Gasteiger partial charge on any atom is -0.444 e. The van der Waals surface area contributed by atoms with E-state index >= 15 is 0 Å². The standard InChI is InChI=1S/C19H29N3O3S/c1-18(2,3)25-17(24)22-19(4,5)16(23)21-12-14-15(10-7-11-20-14)26-13-8-6-9-13/h7,10-11,13H,6,8-9,12H2,1-5H3,(H,21,23)(H,22,24). The van der Waals surface area contributed by atoms with E-state index in [-0.39, 0.29) is 5.91 Å². The van der Waals surface area contributed by atoms with Gasteiger partial charge < -0.3 is 15.4 Å². The highest BCUT2D eigenvalue weighted by molar-refractivity contribution is 8.00. The van der Waals surface area contributed by atoms with Crippen LogP contribution in [0, 0.1) is 0 Å². The Morgan fingerprint density at radius 1 is 1.27 bits per heavy atom. The van der Waals surface area contributed by atoms with Crippen molar-refractivity contribution < 1.29 is 14.3 Å². The Bertz CT molecular complexity index is 652. The number of thioether (sulfide) groups is 1. The summed E-state index contributed by atoms with van der Waals surface area (Å²) in [5, 5.41) is 6.14. The van der Waals surface area contributed by atoms with Crippen molar-refractivity contribution >= 4 is 23.8 Å². The third kappa shape index (κ3) is 6.20. The second kappa shape index (κ2) is 8.29. The molecule has 1 aromatic heterocycles. The molecule has 0 radical (unpaired) electrons. The molecular weight excluding hydrogens is 350 g/mol. The summed E-state index contributed by atoms with van der Waals surface area (Å²) in [6.07, 6.45) is 4.87. The van der Waals surface area contributed by atoms with Crippen LogP contribution in [-0.4, -0.2) is 33.4 Å². The maximum atomic E-state index is 12.5. The summed E-state index contributed by atoms with van der Waals surface area (Å²) >= 11 is 1.83. The van der Waals surface area contributed by atoms with Gasteiger partial charge in [0.05, 0.1) is 12.2 Å². The molecule has 0 atom stereocenters. The van der Waals surface area contributed by atoms with E-state index in [9.17, 15) is 9.59 Å². The SMILES string of the molecule is CC(C)(C)OC(=O)NC(C)(C)C(=O)NCc1ncccc1SC1CCC1. The quantitative estimate of drug-likeness (QED) is 0.789. The van der Waals surface area contributed by atoms with Gasteiger partial charge in [0.1, 0.15) is 11.1 Å². The summed E-state index contributed by atoms with van der Waals surface area (Å²) < 4.78 is 5.22. The van der Waals surface area contributed by atoms with E-state index in [1.807, 2.05) is 23.9 Å². The van der Waals surface area contributed by atoms with Gasteiger partial charge in [0.2, 0.25) is 5.91 Å². The molecule has 2 N–H and O–H groups in total. The molecule has 1 fully saturated rings. The average Bonchev–Trinajstić information content (AvgIpc) is 2.46. The number of hydrogen-bond donors (Lipinski definition) is 2. The molecule has 0 aromatic carbocycles. The predicted octanol–water partition coefficient (Wildman–Crippen LogP) is 3.65. The molecule has 2 rings (SSSR count). The van der Waals surface area contributed by atoms with Crippen LogP contribution in [-0.2, 0) is 16.1 Å². The number of carbonyl (C=O) groups excluding carboxylic acids is 2. The Labute approximate surface area is 159 Å². The van der Waals surface area contributed by atoms with Crippen LogP contribution in [0.2, 0.25) is 0 Å². The van der Waals surface area contributed by atoms with Crippen molar-refractivity contribution in [2.24, 2.45) is 0 Å². The number of pyridine rings is 1. The molecule has 0 spiro atoms. The number of rotatable bonds is 6. The summed E-state index contributed by atoms with van der Waals surface area (Å²) in [7, 11) is 0. The third-order valence-electron chi connectivity index (χ3n) is 3.99. The van der Waals surface area contributed by atoms with Gasteiger partial charge in [-0.05, 0) is 59.6 Å². The first-order chi connectivity index (χ1) is 12.1. The predicted molar refractivity (Wildman–Crippen MR) is 103 cm³/mol. The van der Waals surface area contributed by atoms with Gasteiger partial charge in [0, 0.05) is 16.3 Å². The Kier molecular flexibility index (Phi) is 6.55. The number of nitrogens with zero attached hydrogens (tertiary/aromatic N) is 1. The highest BCUT2D eigenvalue weighted by Gasteiger charge is 2.31. The first kappa shape index (κ1) is 20.6. The van der Waals surface area contributed by atoms with E-state index in [4.69, 9.17) is 4.74 Å². The van der Waals surface area contributed by atoms with Crippen LogP contribution in [0.4, 0.5) is 4.79 Å². The lowest BCUT2D eigenvalue weighted by atomic mass is 10.00. The molecule has 144 valence electrons. The molecule has 26 heavy (non-hydrogen) atoms. The van der Waals surface area contributed by atoms with Crippen molar-refractivity contribution in [3.8, 4) is 0 Å². The number of carbonyl (C=O) groups is 2. The van der Waals surface area contributed by atoms with Crippen molar-refractivity contribution in [1.29, 1.82) is 0 Å². The Morgan fingerprint density at radius 3 is 2.54 bits per heavy atom. The maximum absolute atomic E-state index is 12.5. The summed E-state index contributed by atoms with van der Waals surface area (Å²) in [5.41, 5.74) is -0.845. The molecule has 6 nitrogen and oxygen atoms in total. The van der Waals surface area contributed by atoms with Crippen molar-refractivity contribution in [1.82, 2.24) is 15.6 Å². The highest BCUT2D eigenvalue weighted by Crippen LogP contribution is 2.37. The highest BCUT2D eigenvalue weighted by atomic mass is 32.2. The van der Waals surface area contributed by atoms with E-state index < -0.39 is 17.2 Å². The minimum absolute atomic E-state index is 0.284. The van der Waals surface area contributed by atoms with Crippen molar-refractivity contribution in [3.63, 3.8) is 0 Å². The van der Waals surface area contributed by atoms with Crippen LogP contribution in [0.15, 0.2) is 23.2 Å². The molecule has 0 bridgehead atoms. The first-order valence-corrected chi connectivity index (χ1v) is 9.85. The largest absolute Gasteiger partial charge is 0.444 e. The first-order valence-electron chi connectivity index (χ1n) is 8.97. The van der Waals surface area contributed by atoms with Gasteiger partial charge >= 0.3 is 6.09 Å². The van der Waals surface area contributed by atoms with Crippen LogP contribution in [0.5, 0.6) is 0 Å². The fraction of sp³-hybridized carbons (Fsp3) is 0.632. The van der Waals surface area contributed by atoms with Gasteiger partial charge in [-0.2, -0.15) is 0 Å².